The summed E-state index contributed by atoms with van der Waals surface area (Å²) in [5.74, 6) is -0.197. The summed E-state index contributed by atoms with van der Waals surface area (Å²) in [6, 6.07) is 23.6. The normalized spacial score (nSPS) is 10.8. The van der Waals surface area contributed by atoms with Gasteiger partial charge in [-0.25, -0.2) is 4.68 Å². The fraction of sp³-hybridized carbons (Fsp3) is 0.0500. The highest BCUT2D eigenvalue weighted by molar-refractivity contribution is 6.05. The van der Waals surface area contributed by atoms with Crippen LogP contribution < -0.4 is 4.90 Å². The lowest BCUT2D eigenvalue weighted by Gasteiger charge is -2.16. The number of aromatic nitrogens is 3. The fourth-order valence-corrected chi connectivity index (χ4v) is 2.74. The minimum Gasteiger partial charge on any atom is -0.310 e. The first kappa shape index (κ1) is 15.1. The van der Waals surface area contributed by atoms with Crippen molar-refractivity contribution in [2.75, 3.05) is 11.9 Å². The van der Waals surface area contributed by atoms with Crippen molar-refractivity contribution in [2.45, 2.75) is 0 Å². The lowest BCUT2D eigenvalue weighted by Crippen LogP contribution is -2.26. The van der Waals surface area contributed by atoms with Crippen LogP contribution in [0.2, 0.25) is 0 Å². The minimum atomic E-state index is -0.197. The Balaban J connectivity index is 1.62. The third kappa shape index (κ3) is 2.87. The molecule has 0 aliphatic carbocycles. The van der Waals surface area contributed by atoms with Crippen LogP contribution in [0.4, 0.5) is 5.69 Å². The molecule has 4 rings (SSSR count). The molecule has 0 atom stereocenters. The molecule has 0 N–H and O–H groups in total. The van der Waals surface area contributed by atoms with Gasteiger partial charge in [0.25, 0.3) is 5.91 Å². The molecule has 0 aliphatic rings. The third-order valence-corrected chi connectivity index (χ3v) is 4.16. The zero-order valence-electron chi connectivity index (χ0n) is 13.7. The van der Waals surface area contributed by atoms with E-state index in [0.29, 0.717) is 5.69 Å². The van der Waals surface area contributed by atoms with E-state index in [0.717, 1.165) is 22.1 Å². The number of benzene rings is 3. The van der Waals surface area contributed by atoms with E-state index in [2.05, 4.69) is 10.3 Å². The molecule has 5 nitrogen and oxygen atoms in total. The van der Waals surface area contributed by atoms with Crippen LogP contribution in [0.5, 0.6) is 0 Å². The Kier molecular flexibility index (Phi) is 3.74. The summed E-state index contributed by atoms with van der Waals surface area (Å²) >= 11 is 0. The van der Waals surface area contributed by atoms with Gasteiger partial charge in [0.15, 0.2) is 5.69 Å². The van der Waals surface area contributed by atoms with Gasteiger partial charge >= 0.3 is 0 Å². The zero-order chi connectivity index (χ0) is 17.2. The first-order valence-corrected chi connectivity index (χ1v) is 7.97. The van der Waals surface area contributed by atoms with Gasteiger partial charge in [-0.15, -0.1) is 5.10 Å². The van der Waals surface area contributed by atoms with Crippen LogP contribution >= 0.6 is 0 Å². The fourth-order valence-electron chi connectivity index (χ4n) is 2.74. The van der Waals surface area contributed by atoms with Gasteiger partial charge in [-0.1, -0.05) is 53.7 Å². The third-order valence-electron chi connectivity index (χ3n) is 4.16. The maximum atomic E-state index is 12.7. The molecule has 1 amide bonds. The van der Waals surface area contributed by atoms with Crippen LogP contribution in [-0.4, -0.2) is 27.9 Å². The predicted molar refractivity (Wildman–Crippen MR) is 98.0 cm³/mol. The van der Waals surface area contributed by atoms with Crippen LogP contribution in [0.3, 0.4) is 0 Å². The second-order valence-electron chi connectivity index (χ2n) is 5.78. The summed E-state index contributed by atoms with van der Waals surface area (Å²) in [5, 5.41) is 10.3. The Morgan fingerprint density at radius 2 is 1.64 bits per heavy atom. The maximum absolute atomic E-state index is 12.7. The van der Waals surface area contributed by atoms with E-state index in [1.54, 1.807) is 22.8 Å². The Hall–Kier alpha value is -3.47. The number of hydrogen-bond donors (Lipinski definition) is 0. The standard InChI is InChI=1S/C20H16N4O/c1-23(18-12-11-15-7-5-6-8-16(15)13-18)20(25)19-14-24(22-21-19)17-9-3-2-4-10-17/h2-14H,1H3. The zero-order valence-corrected chi connectivity index (χ0v) is 13.7. The SMILES string of the molecule is CN(C(=O)c1cn(-c2ccccc2)nn1)c1ccc2ccccc2c1. The molecule has 4 aromatic rings. The van der Waals surface area contributed by atoms with Crippen molar-refractivity contribution in [2.24, 2.45) is 0 Å². The van der Waals surface area contributed by atoms with Crippen molar-refractivity contribution < 1.29 is 4.79 Å². The number of carbonyl (C=O) groups is 1. The van der Waals surface area contributed by atoms with Gasteiger partial charge < -0.3 is 4.90 Å². The van der Waals surface area contributed by atoms with Crippen LogP contribution in [-0.2, 0) is 0 Å². The summed E-state index contributed by atoms with van der Waals surface area (Å²) in [4.78, 5) is 14.3. The molecule has 25 heavy (non-hydrogen) atoms. The topological polar surface area (TPSA) is 51.0 Å². The van der Waals surface area contributed by atoms with E-state index in [9.17, 15) is 4.79 Å². The van der Waals surface area contributed by atoms with Gasteiger partial charge in [-0.05, 0) is 35.0 Å². The molecule has 0 saturated carbocycles. The van der Waals surface area contributed by atoms with Gasteiger partial charge in [0.2, 0.25) is 0 Å². The Bertz CT molecular complexity index is 1040. The predicted octanol–water partition coefficient (Wildman–Crippen LogP) is 3.70. The second-order valence-corrected chi connectivity index (χ2v) is 5.78. The highest BCUT2D eigenvalue weighted by Gasteiger charge is 2.17. The van der Waals surface area contributed by atoms with E-state index in [1.807, 2.05) is 72.8 Å². The second kappa shape index (κ2) is 6.20. The van der Waals surface area contributed by atoms with Crippen molar-refractivity contribution in [1.29, 1.82) is 0 Å². The number of anilines is 1. The van der Waals surface area contributed by atoms with Crippen LogP contribution in [0.15, 0.2) is 79.0 Å². The highest BCUT2D eigenvalue weighted by Crippen LogP contribution is 2.22. The van der Waals surface area contributed by atoms with Crippen LogP contribution in [0.1, 0.15) is 10.5 Å². The molecular formula is C20H16N4O. The van der Waals surface area contributed by atoms with Gasteiger partial charge in [-0.2, -0.15) is 0 Å². The van der Waals surface area contributed by atoms with E-state index in [-0.39, 0.29) is 5.91 Å². The number of nitrogens with zero attached hydrogens (tertiary/aromatic N) is 4. The lowest BCUT2D eigenvalue weighted by atomic mass is 10.1. The first-order chi connectivity index (χ1) is 12.2. The largest absolute Gasteiger partial charge is 0.310 e. The van der Waals surface area contributed by atoms with Crippen molar-refractivity contribution in [3.05, 3.63) is 84.7 Å². The molecule has 0 spiro atoms. The summed E-state index contributed by atoms with van der Waals surface area (Å²) in [6.07, 6.45) is 1.65. The van der Waals surface area contributed by atoms with E-state index >= 15 is 0 Å². The number of carbonyl (C=O) groups excluding carboxylic acids is 1. The van der Waals surface area contributed by atoms with E-state index < -0.39 is 0 Å². The summed E-state index contributed by atoms with van der Waals surface area (Å²) in [6.45, 7) is 0. The molecule has 1 aromatic heterocycles. The summed E-state index contributed by atoms with van der Waals surface area (Å²) in [7, 11) is 1.74. The quantitative estimate of drug-likeness (QED) is 0.576. The van der Waals surface area contributed by atoms with Crippen LogP contribution in [0.25, 0.3) is 16.5 Å². The number of amides is 1. The monoisotopic (exact) mass is 328 g/mol. The van der Waals surface area contributed by atoms with E-state index in [4.69, 9.17) is 0 Å². The maximum Gasteiger partial charge on any atom is 0.280 e. The summed E-state index contributed by atoms with van der Waals surface area (Å²) in [5.41, 5.74) is 1.99. The molecule has 5 heteroatoms. The first-order valence-electron chi connectivity index (χ1n) is 7.97. The van der Waals surface area contributed by atoms with Gasteiger partial charge in [-0.3, -0.25) is 4.79 Å². The smallest absolute Gasteiger partial charge is 0.280 e. The van der Waals surface area contributed by atoms with E-state index in [1.165, 1.54) is 0 Å². The average Bonchev–Trinajstić information content (AvgIpc) is 3.17. The van der Waals surface area contributed by atoms with Gasteiger partial charge in [0, 0.05) is 12.7 Å². The highest BCUT2D eigenvalue weighted by atomic mass is 16.2. The lowest BCUT2D eigenvalue weighted by molar-refractivity contribution is 0.0988. The average molecular weight is 328 g/mol. The molecule has 0 fully saturated rings. The number of hydrogen-bond acceptors (Lipinski definition) is 3. The summed E-state index contributed by atoms with van der Waals surface area (Å²) < 4.78 is 1.60. The number of rotatable bonds is 3. The van der Waals surface area contributed by atoms with Crippen molar-refractivity contribution in [3.63, 3.8) is 0 Å². The Morgan fingerprint density at radius 3 is 2.44 bits per heavy atom. The van der Waals surface area contributed by atoms with Crippen molar-refractivity contribution in [1.82, 2.24) is 15.0 Å². The molecular weight excluding hydrogens is 312 g/mol. The minimum absolute atomic E-state index is 0.197. The molecule has 3 aromatic carbocycles. The molecule has 0 unspecified atom stereocenters. The number of para-hydroxylation sites is 1. The molecule has 122 valence electrons. The van der Waals surface area contributed by atoms with Crippen molar-refractivity contribution in [3.8, 4) is 5.69 Å². The van der Waals surface area contributed by atoms with Crippen molar-refractivity contribution >= 4 is 22.4 Å². The molecule has 1 heterocycles. The molecule has 0 aliphatic heterocycles. The Labute approximate surface area is 145 Å². The van der Waals surface area contributed by atoms with Gasteiger partial charge in [0.05, 0.1) is 11.9 Å². The molecule has 0 radical (unpaired) electrons. The van der Waals surface area contributed by atoms with Crippen LogP contribution in [0, 0.1) is 0 Å². The molecule has 0 bridgehead atoms. The Morgan fingerprint density at radius 1 is 0.920 bits per heavy atom. The molecule has 0 saturated heterocycles. The number of fused-ring (bicyclic) bond motifs is 1. The van der Waals surface area contributed by atoms with Gasteiger partial charge in [0.1, 0.15) is 0 Å².